The molecule has 0 bridgehead atoms. The van der Waals surface area contributed by atoms with E-state index >= 15 is 0 Å². The van der Waals surface area contributed by atoms with Crippen LogP contribution in [0.15, 0.2) is 42.5 Å². The number of fused-ring (bicyclic) bond motifs is 1. The van der Waals surface area contributed by atoms with Gasteiger partial charge in [0.1, 0.15) is 17.2 Å². The number of methoxy groups -OCH3 is 2. The third-order valence-corrected chi connectivity index (χ3v) is 6.14. The molecule has 1 aliphatic heterocycles. The summed E-state index contributed by atoms with van der Waals surface area (Å²) in [5.74, 6) is 0.754. The Morgan fingerprint density at radius 1 is 1.21 bits per heavy atom. The van der Waals surface area contributed by atoms with Gasteiger partial charge in [-0.3, -0.25) is 9.10 Å². The molecule has 1 N–H and O–H groups in total. The number of anilines is 2. The summed E-state index contributed by atoms with van der Waals surface area (Å²) in [7, 11) is -0.566. The van der Waals surface area contributed by atoms with Gasteiger partial charge in [0.2, 0.25) is 10.0 Å². The molecule has 0 spiro atoms. The summed E-state index contributed by atoms with van der Waals surface area (Å²) in [5.41, 5.74) is 0.826. The Hall–Kier alpha value is -2.94. The highest BCUT2D eigenvalue weighted by Gasteiger charge is 2.36. The van der Waals surface area contributed by atoms with Crippen molar-refractivity contribution in [2.75, 3.05) is 36.1 Å². The second kappa shape index (κ2) is 7.97. The van der Waals surface area contributed by atoms with E-state index in [1.54, 1.807) is 49.4 Å². The zero-order valence-electron chi connectivity index (χ0n) is 15.8. The summed E-state index contributed by atoms with van der Waals surface area (Å²) in [5, 5.41) is 2.74. The average molecular weight is 406 g/mol. The van der Waals surface area contributed by atoms with Crippen LogP contribution in [0, 0.1) is 0 Å². The van der Waals surface area contributed by atoms with Crippen molar-refractivity contribution in [3.63, 3.8) is 0 Å². The second-order valence-corrected chi connectivity index (χ2v) is 8.24. The van der Waals surface area contributed by atoms with Crippen LogP contribution >= 0.6 is 0 Å². The lowest BCUT2D eigenvalue weighted by molar-refractivity contribution is -0.122. The molecule has 150 valence electrons. The number of hydrogen-bond acceptors (Lipinski definition) is 6. The maximum Gasteiger partial charge on any atom is 0.267 e. The molecular formula is C19H22N2O6S. The first kappa shape index (κ1) is 19.8. The van der Waals surface area contributed by atoms with Gasteiger partial charge in [-0.05, 0) is 31.2 Å². The van der Waals surface area contributed by atoms with Gasteiger partial charge in [0.05, 0.1) is 37.9 Å². The normalized spacial score (nSPS) is 16.0. The third kappa shape index (κ3) is 3.84. The molecule has 1 heterocycles. The Bertz CT molecular complexity index is 976. The lowest BCUT2D eigenvalue weighted by Gasteiger charge is -2.34. The van der Waals surface area contributed by atoms with E-state index in [4.69, 9.17) is 14.2 Å². The van der Waals surface area contributed by atoms with Crippen LogP contribution < -0.4 is 23.8 Å². The molecule has 0 aromatic heterocycles. The van der Waals surface area contributed by atoms with E-state index in [2.05, 4.69) is 5.32 Å². The minimum absolute atomic E-state index is 0.0839. The highest BCUT2D eigenvalue weighted by Crippen LogP contribution is 2.36. The fraction of sp³-hybridized carbons (Fsp3) is 0.316. The zero-order chi connectivity index (χ0) is 20.3. The summed E-state index contributed by atoms with van der Waals surface area (Å²) >= 11 is 0. The number of carbonyl (C=O) groups excluding carboxylic acids is 1. The van der Waals surface area contributed by atoms with Crippen molar-refractivity contribution in [1.82, 2.24) is 0 Å². The van der Waals surface area contributed by atoms with E-state index in [1.165, 1.54) is 18.5 Å². The molecule has 1 amide bonds. The summed E-state index contributed by atoms with van der Waals surface area (Å²) in [6, 6.07) is 11.7. The quantitative estimate of drug-likeness (QED) is 0.791. The molecule has 28 heavy (non-hydrogen) atoms. The lowest BCUT2D eigenvalue weighted by Crippen LogP contribution is -2.49. The van der Waals surface area contributed by atoms with E-state index in [-0.39, 0.29) is 12.3 Å². The van der Waals surface area contributed by atoms with Crippen LogP contribution in [0.3, 0.4) is 0 Å². The topological polar surface area (TPSA) is 94.2 Å². The molecule has 0 fully saturated rings. The number of para-hydroxylation sites is 2. The Labute approximate surface area is 164 Å². The van der Waals surface area contributed by atoms with Crippen LogP contribution in [0.2, 0.25) is 0 Å². The van der Waals surface area contributed by atoms with Gasteiger partial charge in [-0.25, -0.2) is 8.42 Å². The van der Waals surface area contributed by atoms with Crippen molar-refractivity contribution in [3.05, 3.63) is 42.5 Å². The van der Waals surface area contributed by atoms with Crippen LogP contribution in [0.5, 0.6) is 17.2 Å². The van der Waals surface area contributed by atoms with Crippen LogP contribution in [-0.4, -0.2) is 46.9 Å². The first-order valence-corrected chi connectivity index (χ1v) is 10.3. The minimum Gasteiger partial charge on any atom is -0.497 e. The molecule has 0 aliphatic carbocycles. The van der Waals surface area contributed by atoms with Gasteiger partial charge in [0.25, 0.3) is 5.91 Å². The number of nitrogens with one attached hydrogen (secondary N) is 1. The largest absolute Gasteiger partial charge is 0.497 e. The molecule has 1 aliphatic rings. The van der Waals surface area contributed by atoms with Crippen molar-refractivity contribution < 1.29 is 27.4 Å². The van der Waals surface area contributed by atoms with Gasteiger partial charge >= 0.3 is 0 Å². The molecule has 0 unspecified atom stereocenters. The van der Waals surface area contributed by atoms with Crippen LogP contribution in [-0.2, 0) is 14.8 Å². The maximum atomic E-state index is 12.9. The van der Waals surface area contributed by atoms with Crippen molar-refractivity contribution >= 4 is 27.3 Å². The maximum absolute atomic E-state index is 12.9. The molecule has 0 saturated carbocycles. The zero-order valence-corrected chi connectivity index (χ0v) is 16.7. The number of benzene rings is 2. The van der Waals surface area contributed by atoms with E-state index < -0.39 is 22.0 Å². The molecular weight excluding hydrogens is 384 g/mol. The molecule has 3 rings (SSSR count). The molecule has 0 saturated heterocycles. The van der Waals surface area contributed by atoms with Crippen molar-refractivity contribution in [2.45, 2.75) is 13.0 Å². The molecule has 2 aromatic carbocycles. The van der Waals surface area contributed by atoms with Gasteiger partial charge < -0.3 is 19.5 Å². The molecule has 8 nitrogen and oxygen atoms in total. The number of amides is 1. The van der Waals surface area contributed by atoms with Crippen molar-refractivity contribution in [3.8, 4) is 17.2 Å². The first-order chi connectivity index (χ1) is 13.4. The smallest absolute Gasteiger partial charge is 0.267 e. The Morgan fingerprint density at radius 3 is 2.64 bits per heavy atom. The standard InChI is InChI=1S/C19H22N2O6S/c1-4-28(23,24)21-12-18(27-17-8-6-5-7-15(17)21)19(22)20-14-11-13(25-2)9-10-16(14)26-3/h5-11,18H,4,12H2,1-3H3,(H,20,22)/t18-/m1/s1. The summed E-state index contributed by atoms with van der Waals surface area (Å²) in [6.45, 7) is 1.44. The third-order valence-electron chi connectivity index (χ3n) is 4.39. The monoisotopic (exact) mass is 406 g/mol. The number of carbonyl (C=O) groups is 1. The Balaban J connectivity index is 1.89. The fourth-order valence-electron chi connectivity index (χ4n) is 2.88. The Morgan fingerprint density at radius 2 is 1.96 bits per heavy atom. The first-order valence-electron chi connectivity index (χ1n) is 8.68. The van der Waals surface area contributed by atoms with Crippen LogP contribution in [0.1, 0.15) is 6.92 Å². The summed E-state index contributed by atoms with van der Waals surface area (Å²) in [6.07, 6.45) is -1.02. The van der Waals surface area contributed by atoms with Gasteiger partial charge in [0.15, 0.2) is 6.10 Å². The van der Waals surface area contributed by atoms with E-state index in [1.807, 2.05) is 0 Å². The number of ether oxygens (including phenoxy) is 3. The highest BCUT2D eigenvalue weighted by molar-refractivity contribution is 7.92. The predicted molar refractivity (Wildman–Crippen MR) is 106 cm³/mol. The van der Waals surface area contributed by atoms with Crippen LogP contribution in [0.25, 0.3) is 0 Å². The average Bonchev–Trinajstić information content (AvgIpc) is 2.72. The highest BCUT2D eigenvalue weighted by atomic mass is 32.2. The van der Waals surface area contributed by atoms with Crippen molar-refractivity contribution in [2.24, 2.45) is 0 Å². The van der Waals surface area contributed by atoms with Gasteiger partial charge in [0, 0.05) is 6.07 Å². The SMILES string of the molecule is CCS(=O)(=O)N1C[C@H](C(=O)Nc2cc(OC)ccc2OC)Oc2ccccc21. The second-order valence-electron chi connectivity index (χ2n) is 6.06. The number of sulfonamides is 1. The molecule has 9 heteroatoms. The lowest BCUT2D eigenvalue weighted by atomic mass is 10.2. The molecule has 2 aromatic rings. The van der Waals surface area contributed by atoms with Gasteiger partial charge in [-0.1, -0.05) is 12.1 Å². The molecule has 0 radical (unpaired) electrons. The molecule has 1 atom stereocenters. The Kier molecular flexibility index (Phi) is 5.64. The fourth-order valence-corrected chi connectivity index (χ4v) is 4.01. The van der Waals surface area contributed by atoms with Gasteiger partial charge in [-0.15, -0.1) is 0 Å². The summed E-state index contributed by atoms with van der Waals surface area (Å²) < 4.78 is 42.5. The van der Waals surface area contributed by atoms with E-state index in [9.17, 15) is 13.2 Å². The predicted octanol–water partition coefficient (Wildman–Crippen LogP) is 2.26. The van der Waals surface area contributed by atoms with Crippen LogP contribution in [0.4, 0.5) is 11.4 Å². The summed E-state index contributed by atoms with van der Waals surface area (Å²) in [4.78, 5) is 12.9. The van der Waals surface area contributed by atoms with E-state index in [0.717, 1.165) is 0 Å². The number of nitrogens with zero attached hydrogens (tertiary/aromatic N) is 1. The number of hydrogen-bond donors (Lipinski definition) is 1. The van der Waals surface area contributed by atoms with E-state index in [0.29, 0.717) is 28.6 Å². The van der Waals surface area contributed by atoms with Gasteiger partial charge in [-0.2, -0.15) is 0 Å². The minimum atomic E-state index is -3.57. The number of rotatable bonds is 6. The van der Waals surface area contributed by atoms with Crippen molar-refractivity contribution in [1.29, 1.82) is 0 Å².